The van der Waals surface area contributed by atoms with E-state index >= 15 is 0 Å². The molecule has 2 saturated heterocycles. The van der Waals surface area contributed by atoms with Gasteiger partial charge in [-0.3, -0.25) is 14.3 Å². The van der Waals surface area contributed by atoms with Crippen molar-refractivity contribution in [3.05, 3.63) is 78.6 Å². The van der Waals surface area contributed by atoms with Crippen LogP contribution in [0.15, 0.2) is 55.8 Å². The summed E-state index contributed by atoms with van der Waals surface area (Å²) in [7, 11) is -4.36. The minimum absolute atomic E-state index is 0.00203. The summed E-state index contributed by atoms with van der Waals surface area (Å²) in [5.74, 6) is 1.09. The highest BCUT2D eigenvalue weighted by molar-refractivity contribution is 7.89. The smallest absolute Gasteiger partial charge is 0.294 e. The highest BCUT2D eigenvalue weighted by atomic mass is 32.2. The van der Waals surface area contributed by atoms with E-state index in [1.54, 1.807) is 27.1 Å². The summed E-state index contributed by atoms with van der Waals surface area (Å²) in [6.45, 7) is 9.73. The molecule has 71 heavy (non-hydrogen) atoms. The summed E-state index contributed by atoms with van der Waals surface area (Å²) in [6, 6.07) is 8.77. The van der Waals surface area contributed by atoms with Crippen LogP contribution in [0.25, 0.3) is 33.8 Å². The zero-order chi connectivity index (χ0) is 51.6. The maximum Gasteiger partial charge on any atom is 0.294 e. The van der Waals surface area contributed by atoms with Gasteiger partial charge in [-0.2, -0.15) is 13.7 Å². The molecule has 2 aliphatic heterocycles. The van der Waals surface area contributed by atoms with Crippen LogP contribution in [0.2, 0.25) is 0 Å². The highest BCUT2D eigenvalue weighted by Crippen LogP contribution is 2.35. The van der Waals surface area contributed by atoms with E-state index in [1.165, 1.54) is 43.6 Å². The molecular formula is C44H61N13O12S2. The SMILES string of the molecule is CCCC(=N)c1nc(-c2cc(S(=O)(=O)N3CC(NCCO[N+](=O)[O-])C3)ccc2OCC)[nH]c(=O)c1NC.CCCc1nn(C)c2c(=O)[nH]c(-c3cc(S(=O)(=O)N4CC(NCCO)C4)ccc3OCC)nc12. The Balaban J connectivity index is 0.000000233. The van der Waals surface area contributed by atoms with E-state index in [1.807, 2.05) is 20.8 Å². The van der Waals surface area contributed by atoms with Gasteiger partial charge in [-0.1, -0.05) is 26.7 Å². The number of nitrogens with one attached hydrogen (secondary N) is 6. The summed E-state index contributed by atoms with van der Waals surface area (Å²) in [5.41, 5.74) is 1.95. The molecule has 7 rings (SSSR count). The molecule has 2 aliphatic rings. The number of aromatic nitrogens is 6. The molecule has 0 unspecified atom stereocenters. The summed E-state index contributed by atoms with van der Waals surface area (Å²) in [4.78, 5) is 54.9. The summed E-state index contributed by atoms with van der Waals surface area (Å²) >= 11 is 0. The second kappa shape index (κ2) is 23.7. The number of hydrogen-bond donors (Lipinski definition) is 7. The lowest BCUT2D eigenvalue weighted by Gasteiger charge is -2.38. The van der Waals surface area contributed by atoms with Crippen molar-refractivity contribution in [3.63, 3.8) is 0 Å². The van der Waals surface area contributed by atoms with Gasteiger partial charge in [0.2, 0.25) is 20.0 Å². The summed E-state index contributed by atoms with van der Waals surface area (Å²) in [5, 5.41) is 40.0. The first-order valence-electron chi connectivity index (χ1n) is 23.2. The lowest BCUT2D eigenvalue weighted by Crippen LogP contribution is -2.60. The molecule has 0 amide bonds. The molecule has 0 radical (unpaired) electrons. The van der Waals surface area contributed by atoms with E-state index in [0.717, 1.165) is 12.1 Å². The molecule has 5 heterocycles. The standard InChI is InChI=1S/C22H31N7O7S.C22H30N6O5S/c1-4-6-17(23)19-20(24-3)22(30)27-21(26-19)16-11-15(7-8-18(16)35-5-2)37(33,34)28-12-14(13-28)25-9-10-36-29(31)32;1-4-6-17-19-20(27(3)26-17)22(30)25-21(24-19)16-11-15(7-8-18(16)33-5-2)34(31,32)28-12-14(13-28)23-9-10-29/h7-8,11,14,23-25H,4-6,9-10,12-13H2,1-3H3,(H,26,27,30);7-8,11,14,23,29H,4-6,9-10,12-13H2,1-3H3,(H,24,25,30). The largest absolute Gasteiger partial charge is 0.493 e. The maximum absolute atomic E-state index is 13.3. The zero-order valence-electron chi connectivity index (χ0n) is 40.4. The number of hydrogen-bond acceptors (Lipinski definition) is 19. The Kier molecular flexibility index (Phi) is 18.0. The average molecular weight is 1030 g/mol. The third-order valence-corrected chi connectivity index (χ3v) is 15.1. The van der Waals surface area contributed by atoms with Crippen molar-refractivity contribution in [2.45, 2.75) is 75.3 Å². The number of sulfonamides is 2. The Bertz CT molecular complexity index is 3060. The third kappa shape index (κ3) is 12.2. The average Bonchev–Trinajstić information content (AvgIpc) is 3.62. The fourth-order valence-corrected chi connectivity index (χ4v) is 11.1. The molecule has 27 heteroatoms. The van der Waals surface area contributed by atoms with Crippen molar-refractivity contribution in [1.82, 2.24) is 49.0 Å². The van der Waals surface area contributed by atoms with Gasteiger partial charge in [0.05, 0.1) is 52.1 Å². The van der Waals surface area contributed by atoms with Crippen LogP contribution in [0.1, 0.15) is 58.3 Å². The number of rotatable bonds is 24. The monoisotopic (exact) mass is 1030 g/mol. The normalized spacial score (nSPS) is 14.6. The van der Waals surface area contributed by atoms with Crippen molar-refractivity contribution < 1.29 is 41.3 Å². The predicted molar refractivity (Wildman–Crippen MR) is 264 cm³/mol. The van der Waals surface area contributed by atoms with Gasteiger partial charge >= 0.3 is 0 Å². The van der Waals surface area contributed by atoms with E-state index in [4.69, 9.17) is 20.0 Å². The van der Waals surface area contributed by atoms with Crippen molar-refractivity contribution >= 4 is 42.5 Å². The molecule has 25 nitrogen and oxygen atoms in total. The van der Waals surface area contributed by atoms with Gasteiger partial charge in [0.25, 0.3) is 16.2 Å². The molecule has 2 fully saturated rings. The van der Waals surface area contributed by atoms with E-state index in [-0.39, 0.29) is 94.6 Å². The van der Waals surface area contributed by atoms with Crippen molar-refractivity contribution in [3.8, 4) is 34.3 Å². The van der Waals surface area contributed by atoms with Crippen LogP contribution in [0, 0.1) is 15.5 Å². The van der Waals surface area contributed by atoms with Gasteiger partial charge in [0, 0.05) is 65.4 Å². The van der Waals surface area contributed by atoms with Crippen LogP contribution >= 0.6 is 0 Å². The van der Waals surface area contributed by atoms with Crippen molar-refractivity contribution in [1.29, 1.82) is 5.41 Å². The van der Waals surface area contributed by atoms with Crippen LogP contribution in [0.5, 0.6) is 11.5 Å². The Hall–Kier alpha value is -6.36. The number of ether oxygens (including phenoxy) is 2. The fourth-order valence-electron chi connectivity index (χ4n) is 7.95. The number of fused-ring (bicyclic) bond motifs is 1. The van der Waals surface area contributed by atoms with Crippen LogP contribution in [0.3, 0.4) is 0 Å². The van der Waals surface area contributed by atoms with E-state index in [0.29, 0.717) is 80.2 Å². The van der Waals surface area contributed by atoms with Gasteiger partial charge in [0.15, 0.2) is 5.52 Å². The van der Waals surface area contributed by atoms with Gasteiger partial charge < -0.3 is 50.7 Å². The first-order chi connectivity index (χ1) is 33.9. The molecule has 5 aromatic rings. The second-order valence-corrected chi connectivity index (χ2v) is 20.3. The fraction of sp³-hybridized carbons (Fsp3) is 0.500. The lowest BCUT2D eigenvalue weighted by molar-refractivity contribution is -0.757. The minimum Gasteiger partial charge on any atom is -0.493 e. The number of aliphatic hydroxyl groups excluding tert-OH is 1. The molecule has 2 aromatic carbocycles. The number of aromatic amines is 2. The van der Waals surface area contributed by atoms with E-state index in [2.05, 4.69) is 45.8 Å². The number of aliphatic hydroxyl groups is 1. The molecule has 0 aliphatic carbocycles. The number of anilines is 1. The molecule has 0 bridgehead atoms. The van der Waals surface area contributed by atoms with Crippen LogP contribution in [-0.2, 0) is 38.4 Å². The number of aryl methyl sites for hydroxylation is 2. The van der Waals surface area contributed by atoms with E-state index in [9.17, 15) is 36.5 Å². The lowest BCUT2D eigenvalue weighted by atomic mass is 10.1. The Morgan fingerprint density at radius 3 is 1.87 bits per heavy atom. The second-order valence-electron chi connectivity index (χ2n) is 16.5. The quantitative estimate of drug-likeness (QED) is 0.0201. The Labute approximate surface area is 410 Å². The van der Waals surface area contributed by atoms with Crippen LogP contribution < -0.4 is 36.5 Å². The molecule has 0 spiro atoms. The minimum atomic E-state index is -3.88. The molecule has 386 valence electrons. The van der Waals surface area contributed by atoms with Crippen LogP contribution in [0.4, 0.5) is 5.69 Å². The molecule has 0 saturated carbocycles. The molecule has 0 atom stereocenters. The number of benzene rings is 2. The predicted octanol–water partition coefficient (Wildman–Crippen LogP) is 1.85. The molecule has 7 N–H and O–H groups in total. The first-order valence-corrected chi connectivity index (χ1v) is 26.0. The zero-order valence-corrected chi connectivity index (χ0v) is 42.0. The maximum atomic E-state index is 13.3. The highest BCUT2D eigenvalue weighted by Gasteiger charge is 2.38. The third-order valence-electron chi connectivity index (χ3n) is 11.5. The van der Waals surface area contributed by atoms with Gasteiger partial charge in [-0.25, -0.2) is 26.8 Å². The number of H-pyrrole nitrogens is 2. The van der Waals surface area contributed by atoms with Gasteiger partial charge in [0.1, 0.15) is 46.7 Å². The Morgan fingerprint density at radius 2 is 1.38 bits per heavy atom. The van der Waals surface area contributed by atoms with Crippen molar-refractivity contribution in [2.24, 2.45) is 7.05 Å². The number of nitrogens with zero attached hydrogens (tertiary/aromatic N) is 7. The molecule has 3 aromatic heterocycles. The Morgan fingerprint density at radius 1 is 0.845 bits per heavy atom. The van der Waals surface area contributed by atoms with Crippen molar-refractivity contribution in [2.75, 3.05) is 78.1 Å². The van der Waals surface area contributed by atoms with Gasteiger partial charge in [-0.15, -0.1) is 10.1 Å². The molecular weight excluding hydrogens is 967 g/mol. The van der Waals surface area contributed by atoms with E-state index < -0.39 is 30.7 Å². The summed E-state index contributed by atoms with van der Waals surface area (Å²) in [6.07, 6.45) is 2.62. The van der Waals surface area contributed by atoms with Gasteiger partial charge in [-0.05, 0) is 63.1 Å². The van der Waals surface area contributed by atoms with Crippen LogP contribution in [-0.4, -0.2) is 156 Å². The topological polar surface area (TPSA) is 335 Å². The first kappa shape index (κ1) is 54.0. The summed E-state index contributed by atoms with van der Waals surface area (Å²) < 4.78 is 68.5.